The number of likely N-dealkylation sites (tertiary alicyclic amines) is 1. The Labute approximate surface area is 170 Å². The number of ether oxygens (including phenoxy) is 1. The quantitative estimate of drug-likeness (QED) is 0.625. The molecule has 0 unspecified atom stereocenters. The summed E-state index contributed by atoms with van der Waals surface area (Å²) in [6.45, 7) is 4.59. The summed E-state index contributed by atoms with van der Waals surface area (Å²) in [7, 11) is 0. The van der Waals surface area contributed by atoms with Crippen molar-refractivity contribution in [3.05, 3.63) is 67.3 Å². The van der Waals surface area contributed by atoms with Gasteiger partial charge in [-0.05, 0) is 6.08 Å². The van der Waals surface area contributed by atoms with E-state index in [1.807, 2.05) is 0 Å². The molecule has 1 amide bonds. The summed E-state index contributed by atoms with van der Waals surface area (Å²) in [5.74, 6) is -1.11. The molecule has 3 aromatic rings. The standard InChI is InChI=1S/C20H16F2N6O2/c1-2-19(29)28-10-15(11-28)26-18-9-23-8-17(27-18)12-6-24-20(25-7-12)30-16-4-13(21)3-14(22)5-16/h2-9,15H,1,10-11H2,(H,26,27). The average Bonchev–Trinajstić information content (AvgIpc) is 2.70. The Balaban J connectivity index is 1.41. The van der Waals surface area contributed by atoms with Crippen molar-refractivity contribution in [2.75, 3.05) is 18.4 Å². The van der Waals surface area contributed by atoms with Crippen LogP contribution in [0.5, 0.6) is 11.8 Å². The van der Waals surface area contributed by atoms with E-state index in [0.29, 0.717) is 30.2 Å². The summed E-state index contributed by atoms with van der Waals surface area (Å²) < 4.78 is 31.8. The van der Waals surface area contributed by atoms with Gasteiger partial charge in [-0.15, -0.1) is 0 Å². The van der Waals surface area contributed by atoms with Gasteiger partial charge in [-0.3, -0.25) is 9.78 Å². The van der Waals surface area contributed by atoms with Crippen molar-refractivity contribution in [1.82, 2.24) is 24.8 Å². The molecule has 1 aliphatic heterocycles. The van der Waals surface area contributed by atoms with Crippen molar-refractivity contribution >= 4 is 11.7 Å². The van der Waals surface area contributed by atoms with Gasteiger partial charge in [-0.2, -0.15) is 0 Å². The van der Waals surface area contributed by atoms with Crippen LogP contribution in [0.4, 0.5) is 14.6 Å². The van der Waals surface area contributed by atoms with Crippen LogP contribution in [-0.4, -0.2) is 49.9 Å². The van der Waals surface area contributed by atoms with E-state index in [9.17, 15) is 13.6 Å². The molecule has 8 nitrogen and oxygen atoms in total. The number of hydrogen-bond acceptors (Lipinski definition) is 7. The Bertz CT molecular complexity index is 1070. The fourth-order valence-electron chi connectivity index (χ4n) is 2.86. The zero-order chi connectivity index (χ0) is 21.1. The predicted octanol–water partition coefficient (Wildman–Crippen LogP) is 2.81. The largest absolute Gasteiger partial charge is 0.424 e. The first-order valence-corrected chi connectivity index (χ1v) is 8.96. The second kappa shape index (κ2) is 8.19. The zero-order valence-electron chi connectivity index (χ0n) is 15.6. The number of aromatic nitrogens is 4. The number of halogens is 2. The molecule has 0 saturated carbocycles. The topological polar surface area (TPSA) is 93.1 Å². The lowest BCUT2D eigenvalue weighted by Crippen LogP contribution is -2.56. The molecule has 4 rings (SSSR count). The fourth-order valence-corrected chi connectivity index (χ4v) is 2.86. The summed E-state index contributed by atoms with van der Waals surface area (Å²) in [4.78, 5) is 29.9. The van der Waals surface area contributed by atoms with E-state index in [0.717, 1.165) is 18.2 Å². The lowest BCUT2D eigenvalue weighted by atomic mass is 10.1. The molecule has 1 N–H and O–H groups in total. The van der Waals surface area contributed by atoms with E-state index < -0.39 is 11.6 Å². The van der Waals surface area contributed by atoms with E-state index in [1.54, 1.807) is 17.3 Å². The third-order valence-corrected chi connectivity index (χ3v) is 4.32. The summed E-state index contributed by atoms with van der Waals surface area (Å²) in [5, 5.41) is 3.21. The number of anilines is 1. The number of amides is 1. The lowest BCUT2D eigenvalue weighted by Gasteiger charge is -2.39. The number of nitrogens with one attached hydrogen (secondary N) is 1. The number of carbonyl (C=O) groups is 1. The van der Waals surface area contributed by atoms with Crippen molar-refractivity contribution in [3.8, 4) is 23.0 Å². The molecule has 1 aliphatic rings. The van der Waals surface area contributed by atoms with Gasteiger partial charge in [-0.1, -0.05) is 6.58 Å². The number of benzene rings is 1. The van der Waals surface area contributed by atoms with Gasteiger partial charge in [0.05, 0.1) is 24.1 Å². The Kier molecular flexibility index (Phi) is 5.29. The van der Waals surface area contributed by atoms with Crippen LogP contribution in [0.25, 0.3) is 11.3 Å². The minimum atomic E-state index is -0.760. The van der Waals surface area contributed by atoms with E-state index >= 15 is 0 Å². The summed E-state index contributed by atoms with van der Waals surface area (Å²) in [6, 6.07) is 2.83. The first-order valence-electron chi connectivity index (χ1n) is 8.96. The van der Waals surface area contributed by atoms with Crippen LogP contribution in [0.2, 0.25) is 0 Å². The van der Waals surface area contributed by atoms with Crippen LogP contribution in [0.15, 0.2) is 55.6 Å². The van der Waals surface area contributed by atoms with Gasteiger partial charge in [0.15, 0.2) is 0 Å². The molecule has 1 fully saturated rings. The lowest BCUT2D eigenvalue weighted by molar-refractivity contribution is -0.129. The predicted molar refractivity (Wildman–Crippen MR) is 104 cm³/mol. The average molecular weight is 410 g/mol. The molecule has 0 atom stereocenters. The van der Waals surface area contributed by atoms with E-state index in [2.05, 4.69) is 31.8 Å². The van der Waals surface area contributed by atoms with Gasteiger partial charge in [0, 0.05) is 49.2 Å². The van der Waals surface area contributed by atoms with Crippen molar-refractivity contribution in [1.29, 1.82) is 0 Å². The highest BCUT2D eigenvalue weighted by Crippen LogP contribution is 2.23. The minimum absolute atomic E-state index is 0.0456. The molecule has 152 valence electrons. The molecule has 0 radical (unpaired) electrons. The Morgan fingerprint density at radius 2 is 1.83 bits per heavy atom. The van der Waals surface area contributed by atoms with Crippen LogP contribution >= 0.6 is 0 Å². The third-order valence-electron chi connectivity index (χ3n) is 4.32. The number of nitrogens with zero attached hydrogens (tertiary/aromatic N) is 5. The molecular formula is C20H16F2N6O2. The van der Waals surface area contributed by atoms with Gasteiger partial charge < -0.3 is 15.0 Å². The highest BCUT2D eigenvalue weighted by atomic mass is 19.1. The van der Waals surface area contributed by atoms with Gasteiger partial charge in [0.2, 0.25) is 5.91 Å². The molecule has 0 spiro atoms. The normalized spacial score (nSPS) is 13.5. The maximum Gasteiger partial charge on any atom is 0.321 e. The highest BCUT2D eigenvalue weighted by Gasteiger charge is 2.29. The second-order valence-corrected chi connectivity index (χ2v) is 6.54. The van der Waals surface area contributed by atoms with Crippen molar-refractivity contribution in [2.24, 2.45) is 0 Å². The Morgan fingerprint density at radius 3 is 2.50 bits per heavy atom. The highest BCUT2D eigenvalue weighted by molar-refractivity contribution is 5.87. The monoisotopic (exact) mass is 410 g/mol. The van der Waals surface area contributed by atoms with Crippen LogP contribution in [0.1, 0.15) is 0 Å². The van der Waals surface area contributed by atoms with Crippen LogP contribution in [0, 0.1) is 11.6 Å². The van der Waals surface area contributed by atoms with Crippen molar-refractivity contribution in [2.45, 2.75) is 6.04 Å². The smallest absolute Gasteiger partial charge is 0.321 e. The maximum absolute atomic E-state index is 13.2. The van der Waals surface area contributed by atoms with E-state index in [-0.39, 0.29) is 23.7 Å². The van der Waals surface area contributed by atoms with E-state index in [4.69, 9.17) is 4.74 Å². The molecule has 1 saturated heterocycles. The molecule has 1 aromatic carbocycles. The van der Waals surface area contributed by atoms with Gasteiger partial charge in [-0.25, -0.2) is 23.7 Å². The van der Waals surface area contributed by atoms with Crippen molar-refractivity contribution in [3.63, 3.8) is 0 Å². The van der Waals surface area contributed by atoms with Crippen LogP contribution in [0.3, 0.4) is 0 Å². The van der Waals surface area contributed by atoms with Gasteiger partial charge in [0.1, 0.15) is 23.2 Å². The Morgan fingerprint density at radius 1 is 1.13 bits per heavy atom. The SMILES string of the molecule is C=CC(=O)N1CC(Nc2cncc(-c3cnc(Oc4cc(F)cc(F)c4)nc3)n2)C1. The fraction of sp³-hybridized carbons (Fsp3) is 0.150. The number of rotatable bonds is 6. The summed E-state index contributed by atoms with van der Waals surface area (Å²) in [6.07, 6.45) is 7.37. The van der Waals surface area contributed by atoms with Crippen LogP contribution in [-0.2, 0) is 4.79 Å². The molecule has 30 heavy (non-hydrogen) atoms. The summed E-state index contributed by atoms with van der Waals surface area (Å²) in [5.41, 5.74) is 1.11. The van der Waals surface area contributed by atoms with Crippen LogP contribution < -0.4 is 10.1 Å². The third kappa shape index (κ3) is 4.37. The summed E-state index contributed by atoms with van der Waals surface area (Å²) >= 11 is 0. The number of hydrogen-bond donors (Lipinski definition) is 1. The Hall–Kier alpha value is -3.95. The second-order valence-electron chi connectivity index (χ2n) is 6.54. The molecule has 0 aliphatic carbocycles. The maximum atomic E-state index is 13.2. The number of carbonyl (C=O) groups excluding carboxylic acids is 1. The first kappa shape index (κ1) is 19.4. The molecular weight excluding hydrogens is 394 g/mol. The minimum Gasteiger partial charge on any atom is -0.424 e. The zero-order valence-corrected chi connectivity index (χ0v) is 15.6. The molecule has 0 bridgehead atoms. The van der Waals surface area contributed by atoms with Gasteiger partial charge in [0.25, 0.3) is 0 Å². The van der Waals surface area contributed by atoms with Gasteiger partial charge >= 0.3 is 6.01 Å². The molecule has 3 heterocycles. The molecule has 2 aromatic heterocycles. The van der Waals surface area contributed by atoms with Crippen molar-refractivity contribution < 1.29 is 18.3 Å². The first-order chi connectivity index (χ1) is 14.5. The van der Waals surface area contributed by atoms with E-state index in [1.165, 1.54) is 18.5 Å². The molecule has 10 heteroatoms.